The molecule has 0 aliphatic carbocycles. The Morgan fingerprint density at radius 1 is 1.03 bits per heavy atom. The standard InChI is InChI=1S/C28H24Cl2FN3O5/c29-19-3-1-5-21(31)24(19)26(35)32-22(27(36)37)15-16-7-9-17(10-8-16)34-25-20(30)4-2-6-23(25)33(28(34)38)18-11-13-39-14-12-18/h1-10,18,22H,11-15H2,(H,32,35)(H,36,37). The molecular weight excluding hydrogens is 548 g/mol. The first kappa shape index (κ1) is 26.9. The van der Waals surface area contributed by atoms with Gasteiger partial charge in [0.2, 0.25) is 0 Å². The molecule has 1 unspecified atom stereocenters. The lowest BCUT2D eigenvalue weighted by molar-refractivity contribution is -0.139. The van der Waals surface area contributed by atoms with Gasteiger partial charge in [-0.3, -0.25) is 13.9 Å². The van der Waals surface area contributed by atoms with Crippen molar-refractivity contribution in [3.05, 3.63) is 98.1 Å². The molecule has 2 N–H and O–H groups in total. The molecule has 1 aliphatic heterocycles. The van der Waals surface area contributed by atoms with E-state index in [2.05, 4.69) is 5.32 Å². The summed E-state index contributed by atoms with van der Waals surface area (Å²) in [5.41, 5.74) is 1.80. The van der Waals surface area contributed by atoms with E-state index in [-0.39, 0.29) is 23.2 Å². The zero-order valence-corrected chi connectivity index (χ0v) is 22.1. The predicted octanol–water partition coefficient (Wildman–Crippen LogP) is 5.02. The molecule has 0 spiro atoms. The number of imidazole rings is 1. The van der Waals surface area contributed by atoms with Crippen LogP contribution in [0.1, 0.15) is 34.8 Å². The number of aliphatic carboxylic acids is 1. The van der Waals surface area contributed by atoms with Crippen LogP contribution in [0.4, 0.5) is 4.39 Å². The van der Waals surface area contributed by atoms with E-state index in [1.54, 1.807) is 39.5 Å². The average molecular weight is 572 g/mol. The van der Waals surface area contributed by atoms with Crippen molar-refractivity contribution in [2.24, 2.45) is 0 Å². The van der Waals surface area contributed by atoms with E-state index in [1.165, 1.54) is 12.1 Å². The first-order chi connectivity index (χ1) is 18.8. The molecule has 11 heteroatoms. The number of ether oxygens (including phenoxy) is 1. The normalized spacial score (nSPS) is 14.8. The van der Waals surface area contributed by atoms with Gasteiger partial charge in [-0.2, -0.15) is 0 Å². The number of hydrogen-bond donors (Lipinski definition) is 2. The van der Waals surface area contributed by atoms with Crippen LogP contribution in [0.2, 0.25) is 10.0 Å². The molecule has 0 saturated carbocycles. The van der Waals surface area contributed by atoms with Gasteiger partial charge in [-0.15, -0.1) is 0 Å². The number of nitrogens with zero attached hydrogens (tertiary/aromatic N) is 2. The third-order valence-electron chi connectivity index (χ3n) is 6.83. The van der Waals surface area contributed by atoms with Crippen LogP contribution in [0.3, 0.4) is 0 Å². The van der Waals surface area contributed by atoms with Crippen LogP contribution < -0.4 is 11.0 Å². The lowest BCUT2D eigenvalue weighted by Crippen LogP contribution is -2.42. The number of fused-ring (bicyclic) bond motifs is 1. The highest BCUT2D eigenvalue weighted by Crippen LogP contribution is 2.30. The predicted molar refractivity (Wildman–Crippen MR) is 146 cm³/mol. The van der Waals surface area contributed by atoms with E-state index in [0.717, 1.165) is 11.6 Å². The van der Waals surface area contributed by atoms with Crippen molar-refractivity contribution >= 4 is 46.1 Å². The van der Waals surface area contributed by atoms with Crippen LogP contribution >= 0.6 is 23.2 Å². The topological polar surface area (TPSA) is 103 Å². The number of benzene rings is 3. The van der Waals surface area contributed by atoms with E-state index in [9.17, 15) is 23.9 Å². The molecule has 3 aromatic carbocycles. The molecule has 0 bridgehead atoms. The summed E-state index contributed by atoms with van der Waals surface area (Å²) in [5.74, 6) is -3.07. The van der Waals surface area contributed by atoms with Gasteiger partial charge in [0.1, 0.15) is 11.9 Å². The molecule has 5 rings (SSSR count). The van der Waals surface area contributed by atoms with Crippen molar-refractivity contribution in [1.29, 1.82) is 0 Å². The molecule has 1 aromatic heterocycles. The SMILES string of the molecule is O=C(NC(Cc1ccc(-n2c(=O)n(C3CCOCC3)c3cccc(Cl)c32)cc1)C(=O)O)c1c(F)cccc1Cl. The lowest BCUT2D eigenvalue weighted by atomic mass is 10.0. The molecular formula is C28H24Cl2FN3O5. The van der Waals surface area contributed by atoms with E-state index in [1.807, 2.05) is 12.1 Å². The maximum absolute atomic E-state index is 14.1. The smallest absolute Gasteiger partial charge is 0.334 e. The number of para-hydroxylation sites is 1. The minimum Gasteiger partial charge on any atom is -0.480 e. The first-order valence-corrected chi connectivity index (χ1v) is 13.1. The highest BCUT2D eigenvalue weighted by atomic mass is 35.5. The molecule has 39 heavy (non-hydrogen) atoms. The Balaban J connectivity index is 1.44. The second kappa shape index (κ2) is 11.2. The second-order valence-electron chi connectivity index (χ2n) is 9.27. The summed E-state index contributed by atoms with van der Waals surface area (Å²) in [7, 11) is 0. The van der Waals surface area contributed by atoms with Gasteiger partial charge in [-0.1, -0.05) is 47.5 Å². The number of halogens is 3. The van der Waals surface area contributed by atoms with Crippen molar-refractivity contribution < 1.29 is 23.8 Å². The summed E-state index contributed by atoms with van der Waals surface area (Å²) in [4.78, 5) is 38.2. The molecule has 1 amide bonds. The number of nitrogens with one attached hydrogen (secondary N) is 1. The van der Waals surface area contributed by atoms with Crippen LogP contribution in [0.15, 0.2) is 65.5 Å². The number of carbonyl (C=O) groups excluding carboxylic acids is 1. The maximum atomic E-state index is 14.1. The lowest BCUT2D eigenvalue weighted by Gasteiger charge is -2.23. The summed E-state index contributed by atoms with van der Waals surface area (Å²) in [6, 6.07) is 14.6. The third kappa shape index (κ3) is 5.30. The van der Waals surface area contributed by atoms with Crippen LogP contribution in [-0.4, -0.2) is 45.4 Å². The van der Waals surface area contributed by atoms with Gasteiger partial charge in [-0.25, -0.2) is 14.0 Å². The highest BCUT2D eigenvalue weighted by Gasteiger charge is 2.26. The van der Waals surface area contributed by atoms with Gasteiger partial charge < -0.3 is 15.2 Å². The minimum absolute atomic E-state index is 0.0179. The van der Waals surface area contributed by atoms with Gasteiger partial charge in [0.15, 0.2) is 0 Å². The minimum atomic E-state index is -1.34. The molecule has 2 heterocycles. The maximum Gasteiger partial charge on any atom is 0.334 e. The largest absolute Gasteiger partial charge is 0.480 e. The van der Waals surface area contributed by atoms with E-state index in [4.69, 9.17) is 27.9 Å². The molecule has 1 aliphatic rings. The van der Waals surface area contributed by atoms with E-state index < -0.39 is 29.3 Å². The number of rotatable bonds is 7. The molecule has 1 saturated heterocycles. The fourth-order valence-electron chi connectivity index (χ4n) is 4.92. The van der Waals surface area contributed by atoms with Crippen LogP contribution in [0.25, 0.3) is 16.7 Å². The molecule has 8 nitrogen and oxygen atoms in total. The van der Waals surface area contributed by atoms with Crippen LogP contribution in [-0.2, 0) is 16.0 Å². The Labute approximate surface area is 232 Å². The molecule has 4 aromatic rings. The molecule has 1 fully saturated rings. The van der Waals surface area contributed by atoms with Gasteiger partial charge >= 0.3 is 11.7 Å². The zero-order valence-electron chi connectivity index (χ0n) is 20.6. The first-order valence-electron chi connectivity index (χ1n) is 12.3. The van der Waals surface area contributed by atoms with Crippen molar-refractivity contribution in [3.8, 4) is 5.69 Å². The monoisotopic (exact) mass is 571 g/mol. The fraction of sp³-hybridized carbons (Fsp3) is 0.250. The summed E-state index contributed by atoms with van der Waals surface area (Å²) in [5, 5.41) is 12.4. The van der Waals surface area contributed by atoms with Gasteiger partial charge in [0, 0.05) is 25.7 Å². The van der Waals surface area contributed by atoms with Crippen LogP contribution in [0.5, 0.6) is 0 Å². The number of carboxylic acids is 1. The number of aromatic nitrogens is 2. The zero-order chi connectivity index (χ0) is 27.7. The molecule has 1 atom stereocenters. The molecule has 0 radical (unpaired) electrons. The van der Waals surface area contributed by atoms with Gasteiger partial charge in [0.05, 0.1) is 32.3 Å². The third-order valence-corrected chi connectivity index (χ3v) is 7.45. The van der Waals surface area contributed by atoms with E-state index in [0.29, 0.717) is 47.8 Å². The summed E-state index contributed by atoms with van der Waals surface area (Å²) >= 11 is 12.5. The average Bonchev–Trinajstić information content (AvgIpc) is 3.22. The van der Waals surface area contributed by atoms with Gasteiger partial charge in [-0.05, 0) is 54.8 Å². The Kier molecular flexibility index (Phi) is 7.74. The summed E-state index contributed by atoms with van der Waals surface area (Å²) in [6.45, 7) is 1.15. The van der Waals surface area contributed by atoms with Crippen molar-refractivity contribution in [1.82, 2.24) is 14.5 Å². The number of hydrogen-bond acceptors (Lipinski definition) is 4. The van der Waals surface area contributed by atoms with Gasteiger partial charge in [0.25, 0.3) is 5.91 Å². The Morgan fingerprint density at radius 2 is 1.69 bits per heavy atom. The Hall–Kier alpha value is -3.66. The van der Waals surface area contributed by atoms with Crippen molar-refractivity contribution in [2.75, 3.05) is 13.2 Å². The number of carbonyl (C=O) groups is 2. The Bertz CT molecular complexity index is 1590. The van der Waals surface area contributed by atoms with Crippen molar-refractivity contribution in [2.45, 2.75) is 31.3 Å². The highest BCUT2D eigenvalue weighted by molar-refractivity contribution is 6.35. The number of amides is 1. The van der Waals surface area contributed by atoms with Crippen LogP contribution in [0, 0.1) is 5.82 Å². The van der Waals surface area contributed by atoms with Crippen molar-refractivity contribution in [3.63, 3.8) is 0 Å². The quantitative estimate of drug-likeness (QED) is 0.324. The second-order valence-corrected chi connectivity index (χ2v) is 10.1. The summed E-state index contributed by atoms with van der Waals surface area (Å²) < 4.78 is 22.9. The Morgan fingerprint density at radius 3 is 2.36 bits per heavy atom. The number of carboxylic acid groups (broad SMARTS) is 1. The molecule has 202 valence electrons. The van der Waals surface area contributed by atoms with E-state index >= 15 is 0 Å². The summed E-state index contributed by atoms with van der Waals surface area (Å²) in [6.07, 6.45) is 1.35. The fourth-order valence-corrected chi connectivity index (χ4v) is 5.43.